The zero-order valence-corrected chi connectivity index (χ0v) is 21.7. The first kappa shape index (κ1) is 21.6. The molecule has 0 radical (unpaired) electrons. The van der Waals surface area contributed by atoms with Gasteiger partial charge in [0.05, 0.1) is 0 Å². The van der Waals surface area contributed by atoms with Gasteiger partial charge in [0.15, 0.2) is 0 Å². The molecule has 0 saturated carbocycles. The zero-order valence-electron chi connectivity index (χ0n) is 18.5. The third-order valence-electron chi connectivity index (χ3n) is 5.96. The Hall–Kier alpha value is -1.64. The first-order chi connectivity index (χ1) is 14.0. The van der Waals surface area contributed by atoms with Gasteiger partial charge >= 0.3 is 0 Å². The summed E-state index contributed by atoms with van der Waals surface area (Å²) in [7, 11) is 0. The van der Waals surface area contributed by atoms with Crippen LogP contribution in [0, 0.1) is 0 Å². The third kappa shape index (κ3) is 3.85. The molecule has 0 aromatic carbocycles. The van der Waals surface area contributed by atoms with E-state index in [9.17, 15) is 0 Å². The maximum atomic E-state index is 3.82. The maximum Gasteiger partial charge on any atom is 0.0260 e. The molecule has 0 unspecified atom stereocenters. The molecule has 4 aliphatic rings. The van der Waals surface area contributed by atoms with Crippen molar-refractivity contribution in [2.24, 2.45) is 0 Å². The molecule has 0 aromatic heterocycles. The predicted octanol–water partition coefficient (Wildman–Crippen LogP) is 9.68. The molecule has 0 fully saturated rings. The van der Waals surface area contributed by atoms with Crippen molar-refractivity contribution in [2.75, 3.05) is 0 Å². The van der Waals surface area contributed by atoms with Crippen LogP contribution in [0.2, 0.25) is 0 Å². The minimum Gasteiger partial charge on any atom is -0.0579 e. The highest BCUT2D eigenvalue weighted by Gasteiger charge is 2.23. The van der Waals surface area contributed by atoms with Gasteiger partial charge in [-0.05, 0) is 67.5 Å². The fourth-order valence-electron chi connectivity index (χ4n) is 4.06. The highest BCUT2D eigenvalue weighted by atomic mass is 79.9. The molecular formula is C28H28Br2. The lowest BCUT2D eigenvalue weighted by Crippen LogP contribution is -2.09. The Kier molecular flexibility index (Phi) is 5.39. The van der Waals surface area contributed by atoms with E-state index < -0.39 is 0 Å². The second-order valence-electron chi connectivity index (χ2n) is 10.2. The summed E-state index contributed by atoms with van der Waals surface area (Å²) in [6, 6.07) is 22.7. The Morgan fingerprint density at radius 3 is 1.03 bits per heavy atom. The Morgan fingerprint density at radius 2 is 0.733 bits per heavy atom. The van der Waals surface area contributed by atoms with E-state index in [1.54, 1.807) is 0 Å². The van der Waals surface area contributed by atoms with Gasteiger partial charge in [-0.2, -0.15) is 0 Å². The van der Waals surface area contributed by atoms with E-state index in [4.69, 9.17) is 0 Å². The lowest BCUT2D eigenvalue weighted by atomic mass is 9.88. The van der Waals surface area contributed by atoms with Crippen molar-refractivity contribution < 1.29 is 0 Å². The van der Waals surface area contributed by atoms with Gasteiger partial charge in [0, 0.05) is 8.95 Å². The average Bonchev–Trinajstić information content (AvgIpc) is 2.91. The van der Waals surface area contributed by atoms with Crippen LogP contribution in [-0.4, -0.2) is 0 Å². The van der Waals surface area contributed by atoms with Crippen LogP contribution in [0.5, 0.6) is 0 Å². The van der Waals surface area contributed by atoms with Crippen molar-refractivity contribution in [1.29, 1.82) is 0 Å². The molecule has 0 atom stereocenters. The smallest absolute Gasteiger partial charge is 0.0260 e. The SMILES string of the molecule is CC(C)(C)c1ccc2c(Br)cc(-c3cc(Br)c4ccc(C(C)(C)C)ccc3-4)c-2cc1. The molecule has 4 aliphatic carbocycles. The van der Waals surface area contributed by atoms with Crippen molar-refractivity contribution in [3.05, 3.63) is 80.7 Å². The van der Waals surface area contributed by atoms with Crippen LogP contribution >= 0.6 is 31.9 Å². The van der Waals surface area contributed by atoms with Crippen LogP contribution in [0.4, 0.5) is 0 Å². The summed E-state index contributed by atoms with van der Waals surface area (Å²) in [6.45, 7) is 13.6. The second kappa shape index (κ2) is 7.50. The van der Waals surface area contributed by atoms with Crippen molar-refractivity contribution in [1.82, 2.24) is 0 Å². The Balaban J connectivity index is 1.95. The molecule has 2 heteroatoms. The average molecular weight is 524 g/mol. The van der Waals surface area contributed by atoms with Gasteiger partial charge in [0.25, 0.3) is 0 Å². The van der Waals surface area contributed by atoms with Crippen LogP contribution in [0.25, 0.3) is 33.4 Å². The highest BCUT2D eigenvalue weighted by molar-refractivity contribution is 9.11. The highest BCUT2D eigenvalue weighted by Crippen LogP contribution is 2.48. The van der Waals surface area contributed by atoms with E-state index in [2.05, 4.69) is 134 Å². The summed E-state index contributed by atoms with van der Waals surface area (Å²) in [6.07, 6.45) is 0. The van der Waals surface area contributed by atoms with Crippen molar-refractivity contribution in [3.8, 4) is 33.4 Å². The molecule has 0 aromatic rings. The van der Waals surface area contributed by atoms with Gasteiger partial charge in [-0.15, -0.1) is 0 Å². The summed E-state index contributed by atoms with van der Waals surface area (Å²) >= 11 is 7.63. The first-order valence-corrected chi connectivity index (χ1v) is 12.0. The van der Waals surface area contributed by atoms with Crippen molar-refractivity contribution in [2.45, 2.75) is 52.4 Å². The van der Waals surface area contributed by atoms with Gasteiger partial charge in [-0.3, -0.25) is 0 Å². The number of fused-ring (bicyclic) bond motifs is 2. The van der Waals surface area contributed by atoms with Crippen LogP contribution in [-0.2, 0) is 10.8 Å². The van der Waals surface area contributed by atoms with Gasteiger partial charge in [-0.25, -0.2) is 0 Å². The van der Waals surface area contributed by atoms with Gasteiger partial charge in [-0.1, -0.05) is 122 Å². The lowest BCUT2D eigenvalue weighted by Gasteiger charge is -2.17. The third-order valence-corrected chi connectivity index (χ3v) is 7.27. The second-order valence-corrected chi connectivity index (χ2v) is 11.9. The van der Waals surface area contributed by atoms with Crippen LogP contribution in [0.1, 0.15) is 52.7 Å². The fraction of sp³-hybridized carbons (Fsp3) is 0.286. The normalized spacial score (nSPS) is 12.7. The summed E-state index contributed by atoms with van der Waals surface area (Å²) < 4.78 is 2.29. The monoisotopic (exact) mass is 522 g/mol. The van der Waals surface area contributed by atoms with Crippen LogP contribution < -0.4 is 0 Å². The minimum atomic E-state index is 0.121. The predicted molar refractivity (Wildman–Crippen MR) is 138 cm³/mol. The largest absolute Gasteiger partial charge is 0.0579 e. The minimum absolute atomic E-state index is 0.121. The molecule has 154 valence electrons. The van der Waals surface area contributed by atoms with Gasteiger partial charge < -0.3 is 0 Å². The number of hydrogen-bond acceptors (Lipinski definition) is 0. The summed E-state index contributed by atoms with van der Waals surface area (Å²) in [5.74, 6) is 0. The Bertz CT molecular complexity index is 1080. The van der Waals surface area contributed by atoms with E-state index in [1.165, 1.54) is 44.5 Å². The molecule has 0 spiro atoms. The maximum absolute atomic E-state index is 3.82. The first-order valence-electron chi connectivity index (χ1n) is 10.4. The molecule has 0 bridgehead atoms. The summed E-state index contributed by atoms with van der Waals surface area (Å²) in [5.41, 5.74) is 10.5. The van der Waals surface area contributed by atoms with Crippen molar-refractivity contribution >= 4 is 31.9 Å². The number of hydrogen-bond donors (Lipinski definition) is 0. The van der Waals surface area contributed by atoms with Crippen molar-refractivity contribution in [3.63, 3.8) is 0 Å². The molecule has 4 rings (SSSR count). The number of halogens is 2. The standard InChI is InChI=1S/C28H28Br2/c1-27(2,3)17-7-11-19-21(13-9-17)25(29)15-23(19)24-16-26(30)22-14-10-18(28(4,5)6)8-12-20(22)24/h7-16H,1-6H3. The van der Waals surface area contributed by atoms with Gasteiger partial charge in [0.1, 0.15) is 0 Å². The van der Waals surface area contributed by atoms with E-state index >= 15 is 0 Å². The van der Waals surface area contributed by atoms with Crippen LogP contribution in [0.15, 0.2) is 69.6 Å². The van der Waals surface area contributed by atoms with E-state index in [-0.39, 0.29) is 10.8 Å². The summed E-state index contributed by atoms with van der Waals surface area (Å²) in [4.78, 5) is 0. The molecule has 0 saturated heterocycles. The molecule has 0 heterocycles. The number of rotatable bonds is 1. The lowest BCUT2D eigenvalue weighted by molar-refractivity contribution is 0.590. The molecule has 0 aliphatic heterocycles. The molecule has 0 N–H and O–H groups in total. The zero-order chi connectivity index (χ0) is 21.8. The topological polar surface area (TPSA) is 0 Å². The molecule has 0 nitrogen and oxygen atoms in total. The van der Waals surface area contributed by atoms with Gasteiger partial charge in [0.2, 0.25) is 0 Å². The van der Waals surface area contributed by atoms with E-state index in [0.717, 1.165) is 8.95 Å². The fourth-order valence-corrected chi connectivity index (χ4v) is 5.21. The quantitative estimate of drug-likeness (QED) is 0.233. The van der Waals surface area contributed by atoms with E-state index in [0.29, 0.717) is 0 Å². The Labute approximate surface area is 197 Å². The Morgan fingerprint density at radius 1 is 0.433 bits per heavy atom. The van der Waals surface area contributed by atoms with Crippen LogP contribution in [0.3, 0.4) is 0 Å². The molecular weight excluding hydrogens is 496 g/mol. The van der Waals surface area contributed by atoms with E-state index in [1.807, 2.05) is 0 Å². The summed E-state index contributed by atoms with van der Waals surface area (Å²) in [5, 5.41) is 0. The molecule has 30 heavy (non-hydrogen) atoms. The molecule has 0 amide bonds.